The van der Waals surface area contributed by atoms with Crippen LogP contribution in [0, 0.1) is 0 Å². The molecule has 4 amide bonds. The molecule has 190 valence electrons. The first-order chi connectivity index (χ1) is 17.3. The molecule has 10 nitrogen and oxygen atoms in total. The lowest BCUT2D eigenvalue weighted by Gasteiger charge is -2.54. The average molecular weight is 514 g/mol. The molecule has 2 fully saturated rings. The minimum atomic E-state index is -1.07. The number of hydrogen-bond donors (Lipinski definition) is 2. The highest BCUT2D eigenvalue weighted by Crippen LogP contribution is 2.29. The van der Waals surface area contributed by atoms with Gasteiger partial charge in [0.15, 0.2) is 0 Å². The number of benzene rings is 2. The summed E-state index contributed by atoms with van der Waals surface area (Å²) in [6, 6.07) is 15.1. The van der Waals surface area contributed by atoms with E-state index in [2.05, 4.69) is 5.32 Å². The summed E-state index contributed by atoms with van der Waals surface area (Å²) in [5, 5.41) is 15.6. The highest BCUT2D eigenvalue weighted by atomic mass is 35.5. The standard InChI is InChI=1S/C25H28ClN5O5/c1-28-16-22(32)30-20(11-12-23(33)34)24(35)29(14-18-9-5-6-10-19(18)26)15-21(30)31(28)25(36)27-13-17-7-3-2-4-8-17/h2-10,20-21H,11-16H2,1H3,(H,27,36)(H,33,34)/t20-,21-/m0/s1. The van der Waals surface area contributed by atoms with Crippen LogP contribution in [0.1, 0.15) is 24.0 Å². The summed E-state index contributed by atoms with van der Waals surface area (Å²) in [6.45, 7) is 0.401. The van der Waals surface area contributed by atoms with Crippen LogP contribution in [-0.2, 0) is 27.5 Å². The van der Waals surface area contributed by atoms with Crippen LogP contribution < -0.4 is 5.32 Å². The molecule has 36 heavy (non-hydrogen) atoms. The van der Waals surface area contributed by atoms with Crippen molar-refractivity contribution >= 4 is 35.4 Å². The topological polar surface area (TPSA) is 114 Å². The lowest BCUT2D eigenvalue weighted by molar-refractivity contribution is -0.188. The van der Waals surface area contributed by atoms with Gasteiger partial charge in [0.25, 0.3) is 0 Å². The summed E-state index contributed by atoms with van der Waals surface area (Å²) in [5.41, 5.74) is 1.63. The number of hydrogen-bond acceptors (Lipinski definition) is 5. The van der Waals surface area contributed by atoms with E-state index in [0.717, 1.165) is 5.56 Å². The van der Waals surface area contributed by atoms with Gasteiger partial charge in [0.1, 0.15) is 12.2 Å². The SMILES string of the molecule is CN1CC(=O)N2[C@@H](CCC(=O)O)C(=O)N(Cc3ccccc3Cl)C[C@@H]2N1C(=O)NCc1ccccc1. The van der Waals surface area contributed by atoms with Gasteiger partial charge in [-0.3, -0.25) is 14.4 Å². The van der Waals surface area contributed by atoms with Crippen LogP contribution in [0.2, 0.25) is 5.02 Å². The Morgan fingerprint density at radius 3 is 2.47 bits per heavy atom. The minimum absolute atomic E-state index is 0.0569. The van der Waals surface area contributed by atoms with Gasteiger partial charge in [-0.25, -0.2) is 14.8 Å². The molecule has 0 unspecified atom stereocenters. The number of likely N-dealkylation sites (N-methyl/N-ethyl adjacent to an activating group) is 1. The molecular formula is C25H28ClN5O5. The molecule has 0 radical (unpaired) electrons. The Labute approximate surface area is 214 Å². The molecule has 2 aliphatic heterocycles. The van der Waals surface area contributed by atoms with Gasteiger partial charge in [0.2, 0.25) is 11.8 Å². The number of aliphatic carboxylic acids is 1. The molecule has 0 aliphatic carbocycles. The fourth-order valence-electron chi connectivity index (χ4n) is 4.67. The number of carbonyl (C=O) groups excluding carboxylic acids is 3. The smallest absolute Gasteiger partial charge is 0.334 e. The zero-order chi connectivity index (χ0) is 25.8. The molecule has 2 atom stereocenters. The van der Waals surface area contributed by atoms with Crippen molar-refractivity contribution in [1.29, 1.82) is 0 Å². The number of carbonyl (C=O) groups is 4. The van der Waals surface area contributed by atoms with Crippen LogP contribution in [0.3, 0.4) is 0 Å². The molecule has 2 heterocycles. The van der Waals surface area contributed by atoms with Crippen molar-refractivity contribution in [2.45, 2.75) is 38.1 Å². The third-order valence-electron chi connectivity index (χ3n) is 6.38. The summed E-state index contributed by atoms with van der Waals surface area (Å²) in [4.78, 5) is 54.1. The number of halogens is 1. The first-order valence-corrected chi connectivity index (χ1v) is 12.0. The van der Waals surface area contributed by atoms with Gasteiger partial charge in [-0.1, -0.05) is 60.1 Å². The predicted octanol–water partition coefficient (Wildman–Crippen LogP) is 2.14. The van der Waals surface area contributed by atoms with E-state index in [1.807, 2.05) is 36.4 Å². The van der Waals surface area contributed by atoms with Crippen LogP contribution in [0.25, 0.3) is 0 Å². The second kappa shape index (κ2) is 11.0. The molecular weight excluding hydrogens is 486 g/mol. The Balaban J connectivity index is 1.62. The zero-order valence-corrected chi connectivity index (χ0v) is 20.6. The number of carboxylic acids is 1. The fraction of sp³-hybridized carbons (Fsp3) is 0.360. The van der Waals surface area contributed by atoms with E-state index in [9.17, 15) is 24.3 Å². The summed E-state index contributed by atoms with van der Waals surface area (Å²) in [5.74, 6) is -1.77. The van der Waals surface area contributed by atoms with E-state index >= 15 is 0 Å². The molecule has 0 saturated carbocycles. The van der Waals surface area contributed by atoms with Crippen molar-refractivity contribution in [3.63, 3.8) is 0 Å². The number of urea groups is 1. The van der Waals surface area contributed by atoms with E-state index in [1.54, 1.807) is 30.1 Å². The van der Waals surface area contributed by atoms with Crippen molar-refractivity contribution in [2.24, 2.45) is 0 Å². The van der Waals surface area contributed by atoms with Crippen LogP contribution >= 0.6 is 11.6 Å². The van der Waals surface area contributed by atoms with Crippen LogP contribution in [0.5, 0.6) is 0 Å². The molecule has 2 N–H and O–H groups in total. The quantitative estimate of drug-likeness (QED) is 0.586. The van der Waals surface area contributed by atoms with E-state index < -0.39 is 24.2 Å². The number of fused-ring (bicyclic) bond motifs is 1. The number of rotatable bonds is 7. The van der Waals surface area contributed by atoms with Crippen molar-refractivity contribution in [1.82, 2.24) is 25.1 Å². The van der Waals surface area contributed by atoms with Gasteiger partial charge < -0.3 is 20.2 Å². The van der Waals surface area contributed by atoms with E-state index in [0.29, 0.717) is 10.6 Å². The van der Waals surface area contributed by atoms with Crippen molar-refractivity contribution < 1.29 is 24.3 Å². The molecule has 11 heteroatoms. The lowest BCUT2D eigenvalue weighted by Crippen LogP contribution is -2.75. The van der Waals surface area contributed by atoms with Crippen LogP contribution in [-0.4, -0.2) is 81.1 Å². The summed E-state index contributed by atoms with van der Waals surface area (Å²) < 4.78 is 0. The lowest BCUT2D eigenvalue weighted by atomic mass is 10.0. The Kier molecular flexibility index (Phi) is 7.76. The van der Waals surface area contributed by atoms with Gasteiger partial charge in [-0.2, -0.15) is 0 Å². The Hall–Kier alpha value is -3.63. The maximum Gasteiger partial charge on any atom is 0.334 e. The number of hydrazine groups is 1. The molecule has 0 bridgehead atoms. The van der Waals surface area contributed by atoms with Gasteiger partial charge in [-0.15, -0.1) is 0 Å². The van der Waals surface area contributed by atoms with Gasteiger partial charge >= 0.3 is 12.0 Å². The molecule has 4 rings (SSSR count). The first kappa shape index (κ1) is 25.5. The number of piperazine rings is 1. The molecule has 2 aromatic carbocycles. The zero-order valence-electron chi connectivity index (χ0n) is 19.8. The Bertz CT molecular complexity index is 1150. The number of amides is 4. The third kappa shape index (κ3) is 5.44. The first-order valence-electron chi connectivity index (χ1n) is 11.6. The summed E-state index contributed by atoms with van der Waals surface area (Å²) in [7, 11) is 1.64. The van der Waals surface area contributed by atoms with Crippen molar-refractivity contribution in [2.75, 3.05) is 20.1 Å². The van der Waals surface area contributed by atoms with E-state index in [1.165, 1.54) is 14.9 Å². The second-order valence-electron chi connectivity index (χ2n) is 8.84. The van der Waals surface area contributed by atoms with Gasteiger partial charge in [-0.05, 0) is 23.6 Å². The van der Waals surface area contributed by atoms with Crippen LogP contribution in [0.4, 0.5) is 4.79 Å². The predicted molar refractivity (Wildman–Crippen MR) is 131 cm³/mol. The maximum absolute atomic E-state index is 13.5. The molecule has 2 aromatic rings. The van der Waals surface area contributed by atoms with Gasteiger partial charge in [0.05, 0.1) is 13.1 Å². The number of nitrogens with zero attached hydrogens (tertiary/aromatic N) is 4. The second-order valence-corrected chi connectivity index (χ2v) is 9.25. The number of carboxylic acid groups (broad SMARTS) is 1. The minimum Gasteiger partial charge on any atom is -0.481 e. The monoisotopic (exact) mass is 513 g/mol. The maximum atomic E-state index is 13.5. The largest absolute Gasteiger partial charge is 0.481 e. The highest BCUT2D eigenvalue weighted by Gasteiger charge is 2.50. The Morgan fingerprint density at radius 2 is 1.78 bits per heavy atom. The highest BCUT2D eigenvalue weighted by molar-refractivity contribution is 6.31. The summed E-state index contributed by atoms with van der Waals surface area (Å²) in [6.07, 6.45) is -1.15. The van der Waals surface area contributed by atoms with E-state index in [4.69, 9.17) is 11.6 Å². The molecule has 2 saturated heterocycles. The molecule has 0 aromatic heterocycles. The third-order valence-corrected chi connectivity index (χ3v) is 6.75. The molecule has 0 spiro atoms. The number of nitrogens with one attached hydrogen (secondary N) is 1. The summed E-state index contributed by atoms with van der Waals surface area (Å²) >= 11 is 6.33. The Morgan fingerprint density at radius 1 is 1.08 bits per heavy atom. The normalized spacial score (nSPS) is 20.3. The van der Waals surface area contributed by atoms with Crippen molar-refractivity contribution in [3.8, 4) is 0 Å². The van der Waals surface area contributed by atoms with Crippen molar-refractivity contribution in [3.05, 3.63) is 70.7 Å². The fourth-order valence-corrected chi connectivity index (χ4v) is 4.87. The molecule has 2 aliphatic rings. The van der Waals surface area contributed by atoms with Crippen LogP contribution in [0.15, 0.2) is 54.6 Å². The van der Waals surface area contributed by atoms with E-state index in [-0.39, 0.29) is 50.8 Å². The van der Waals surface area contributed by atoms with Gasteiger partial charge in [0, 0.05) is 31.6 Å². The average Bonchev–Trinajstić information content (AvgIpc) is 2.84.